The number of aromatic nitrogens is 1. The van der Waals surface area contributed by atoms with Crippen molar-refractivity contribution in [3.05, 3.63) is 114 Å². The van der Waals surface area contributed by atoms with E-state index < -0.39 is 34.1 Å². The van der Waals surface area contributed by atoms with Gasteiger partial charge in [0.2, 0.25) is 0 Å². The average molecular weight is 568 g/mol. The van der Waals surface area contributed by atoms with Crippen LogP contribution in [-0.2, 0) is 0 Å². The molecular formula is C32H22N2Te. The summed E-state index contributed by atoms with van der Waals surface area (Å²) >= 11 is -0.834. The molecule has 2 aromatic heterocycles. The number of aryl methyl sites for hydroxylation is 2. The van der Waals surface area contributed by atoms with E-state index in [1.165, 1.54) is 13.0 Å². The van der Waals surface area contributed by atoms with Crippen LogP contribution in [0, 0.1) is 25.0 Å². The van der Waals surface area contributed by atoms with Gasteiger partial charge in [-0.05, 0) is 0 Å². The predicted octanol–water partition coefficient (Wildman–Crippen LogP) is 7.93. The first-order valence-electron chi connectivity index (χ1n) is 14.1. The molecular weight excluding hydrogens is 540 g/mol. The minimum absolute atomic E-state index is 0.00481. The molecule has 0 bridgehead atoms. The fraction of sp³-hybridized carbons (Fsp3) is 0.0625. The summed E-state index contributed by atoms with van der Waals surface area (Å²) in [5, 5.41) is 11.6. The molecule has 0 aliphatic carbocycles. The van der Waals surface area contributed by atoms with Crippen molar-refractivity contribution in [2.24, 2.45) is 0 Å². The van der Waals surface area contributed by atoms with E-state index in [-0.39, 0.29) is 11.1 Å². The van der Waals surface area contributed by atoms with Gasteiger partial charge in [-0.3, -0.25) is 0 Å². The van der Waals surface area contributed by atoms with Crippen LogP contribution in [0.25, 0.3) is 51.1 Å². The summed E-state index contributed by atoms with van der Waals surface area (Å²) in [5.41, 5.74) is 4.51. The van der Waals surface area contributed by atoms with Gasteiger partial charge in [-0.25, -0.2) is 0 Å². The Kier molecular flexibility index (Phi) is 4.05. The summed E-state index contributed by atoms with van der Waals surface area (Å²) in [6.45, 7) is -4.97. The normalized spacial score (nSPS) is 14.4. The van der Waals surface area contributed by atoms with E-state index in [0.717, 1.165) is 27.5 Å². The Balaban J connectivity index is 1.60. The monoisotopic (exact) mass is 570 g/mol. The molecule has 0 atom stereocenters. The Morgan fingerprint density at radius 2 is 1.63 bits per heavy atom. The molecule has 0 N–H and O–H groups in total. The van der Waals surface area contributed by atoms with Crippen LogP contribution in [-0.4, -0.2) is 25.4 Å². The van der Waals surface area contributed by atoms with Crippen molar-refractivity contribution in [3.63, 3.8) is 0 Å². The van der Waals surface area contributed by atoms with Crippen molar-refractivity contribution in [2.45, 2.75) is 13.7 Å². The molecule has 0 radical (unpaired) electrons. The summed E-state index contributed by atoms with van der Waals surface area (Å²) in [6.07, 6.45) is 1.36. The first kappa shape index (κ1) is 16.1. The van der Waals surface area contributed by atoms with E-state index >= 15 is 0 Å². The van der Waals surface area contributed by atoms with Crippen LogP contribution < -0.4 is 0 Å². The Morgan fingerprint density at radius 3 is 2.46 bits per heavy atom. The fourth-order valence-corrected chi connectivity index (χ4v) is 8.09. The van der Waals surface area contributed by atoms with Gasteiger partial charge < -0.3 is 0 Å². The van der Waals surface area contributed by atoms with E-state index in [4.69, 9.17) is 8.22 Å². The van der Waals surface area contributed by atoms with Gasteiger partial charge in [-0.1, -0.05) is 6.07 Å². The molecule has 3 heteroatoms. The van der Waals surface area contributed by atoms with Crippen molar-refractivity contribution in [2.75, 3.05) is 0 Å². The summed E-state index contributed by atoms with van der Waals surface area (Å²) in [5.74, 6) is 0. The minimum atomic E-state index is -2.50. The zero-order chi connectivity index (χ0) is 28.9. The van der Waals surface area contributed by atoms with Crippen LogP contribution in [0.1, 0.15) is 24.9 Å². The molecule has 0 saturated carbocycles. The SMILES string of the molecule is [2H]C([2H])([2H])c1cnc(-c2cccc3c2[te]c2cc(C#N)ccc23)cc1-c1ccc(-c2ccccc2)cc1C([2H])([2H])[2H]. The van der Waals surface area contributed by atoms with Gasteiger partial charge in [0.05, 0.1) is 0 Å². The van der Waals surface area contributed by atoms with Crippen molar-refractivity contribution >= 4 is 38.0 Å². The molecule has 0 aliphatic rings. The number of hydrogen-bond donors (Lipinski definition) is 0. The van der Waals surface area contributed by atoms with Crippen LogP contribution in [0.4, 0.5) is 0 Å². The predicted molar refractivity (Wildman–Crippen MR) is 147 cm³/mol. The third-order valence-corrected chi connectivity index (χ3v) is 9.65. The molecule has 2 heterocycles. The molecule has 4 aromatic carbocycles. The maximum absolute atomic E-state index is 9.38. The third kappa shape index (κ3) is 3.86. The van der Waals surface area contributed by atoms with Gasteiger partial charge >= 0.3 is 218 Å². The third-order valence-electron chi connectivity index (χ3n) is 6.22. The maximum atomic E-state index is 9.38. The van der Waals surface area contributed by atoms with Gasteiger partial charge in [0.1, 0.15) is 0 Å². The Bertz CT molecular complexity index is 1980. The van der Waals surface area contributed by atoms with Crippen molar-refractivity contribution in [3.8, 4) is 39.6 Å². The first-order chi connectivity index (χ1) is 19.5. The molecule has 6 rings (SSSR count). The molecule has 0 amide bonds. The van der Waals surface area contributed by atoms with Crippen LogP contribution >= 0.6 is 0 Å². The molecule has 35 heavy (non-hydrogen) atoms. The number of hydrogen-bond acceptors (Lipinski definition) is 2. The topological polar surface area (TPSA) is 36.7 Å². The second-order valence-corrected chi connectivity index (χ2v) is 11.4. The van der Waals surface area contributed by atoms with Crippen LogP contribution in [0.2, 0.25) is 0 Å². The van der Waals surface area contributed by atoms with Crippen molar-refractivity contribution in [1.29, 1.82) is 5.26 Å². The number of benzene rings is 4. The van der Waals surface area contributed by atoms with E-state index in [1.54, 1.807) is 18.2 Å². The second-order valence-electron chi connectivity index (χ2n) is 8.35. The molecule has 6 aromatic rings. The average Bonchev–Trinajstić information content (AvgIpc) is 3.34. The first-order valence-corrected chi connectivity index (χ1v) is 13.4. The summed E-state index contributed by atoms with van der Waals surface area (Å²) in [6, 6.07) is 30.4. The summed E-state index contributed by atoms with van der Waals surface area (Å²) in [4.78, 5) is 4.60. The number of rotatable bonds is 3. The number of nitrogens with zero attached hydrogens (tertiary/aromatic N) is 2. The standard InChI is InChI=1S/C32H22N2Te/c1-20-15-24(23-7-4-3-5-8-23)12-14-25(20)29-17-30(34-19-21(29)2)28-10-6-9-27-26-13-11-22(18-33)16-31(26)35-32(27)28/h3-17,19H,1-2H3/i1D3,2D3. The zero-order valence-corrected chi connectivity index (χ0v) is 20.9. The number of pyridine rings is 1. The number of fused-ring (bicyclic) bond motifs is 3. The van der Waals surface area contributed by atoms with Crippen LogP contribution in [0.5, 0.6) is 0 Å². The molecule has 0 fully saturated rings. The van der Waals surface area contributed by atoms with Crippen molar-refractivity contribution < 1.29 is 8.22 Å². The molecule has 166 valence electrons. The van der Waals surface area contributed by atoms with Crippen LogP contribution in [0.15, 0.2) is 97.2 Å². The van der Waals surface area contributed by atoms with E-state index in [9.17, 15) is 5.26 Å². The Hall–Kier alpha value is -3.69. The van der Waals surface area contributed by atoms with Crippen molar-refractivity contribution in [1.82, 2.24) is 4.98 Å². The summed E-state index contributed by atoms with van der Waals surface area (Å²) in [7, 11) is 0. The summed E-state index contributed by atoms with van der Waals surface area (Å²) < 4.78 is 52.0. The van der Waals surface area contributed by atoms with E-state index in [0.29, 0.717) is 22.4 Å². The second kappa shape index (κ2) is 8.83. The quantitative estimate of drug-likeness (QED) is 0.204. The van der Waals surface area contributed by atoms with Gasteiger partial charge in [0.25, 0.3) is 0 Å². The molecule has 0 saturated heterocycles. The van der Waals surface area contributed by atoms with Gasteiger partial charge in [0.15, 0.2) is 0 Å². The fourth-order valence-electron chi connectivity index (χ4n) is 4.48. The molecule has 0 unspecified atom stereocenters. The molecule has 0 aliphatic heterocycles. The Labute approximate surface area is 223 Å². The number of nitriles is 1. The van der Waals surface area contributed by atoms with E-state index in [1.807, 2.05) is 66.7 Å². The molecule has 2 nitrogen and oxygen atoms in total. The van der Waals surface area contributed by atoms with Crippen LogP contribution in [0.3, 0.4) is 0 Å². The van der Waals surface area contributed by atoms with Gasteiger partial charge in [0, 0.05) is 0 Å². The van der Waals surface area contributed by atoms with Gasteiger partial charge in [-0.15, -0.1) is 0 Å². The zero-order valence-electron chi connectivity index (χ0n) is 24.5. The Morgan fingerprint density at radius 1 is 0.743 bits per heavy atom. The van der Waals surface area contributed by atoms with Gasteiger partial charge in [-0.2, -0.15) is 0 Å². The van der Waals surface area contributed by atoms with E-state index in [2.05, 4.69) is 17.1 Å². The molecule has 0 spiro atoms.